The molecule has 1 aliphatic heterocycles. The normalized spacial score (nSPS) is 13.5. The summed E-state index contributed by atoms with van der Waals surface area (Å²) in [5, 5.41) is 0. The van der Waals surface area contributed by atoms with Crippen molar-refractivity contribution in [2.45, 2.75) is 24.4 Å². The smallest absolute Gasteiger partial charge is 0.254 e. The number of sulfonamides is 1. The third-order valence-corrected chi connectivity index (χ3v) is 6.81. The molecule has 1 N–H and O–H groups in total. The summed E-state index contributed by atoms with van der Waals surface area (Å²) in [7, 11) is -0.638. The predicted octanol–water partition coefficient (Wildman–Crippen LogP) is 2.97. The minimum absolute atomic E-state index is 0.0266. The van der Waals surface area contributed by atoms with Crippen LogP contribution in [-0.2, 0) is 29.5 Å². The van der Waals surface area contributed by atoms with E-state index in [0.717, 1.165) is 11.1 Å². The van der Waals surface area contributed by atoms with Gasteiger partial charge in [-0.2, -0.15) is 0 Å². The van der Waals surface area contributed by atoms with E-state index in [9.17, 15) is 13.2 Å². The number of furan rings is 1. The van der Waals surface area contributed by atoms with Crippen LogP contribution >= 0.6 is 0 Å². The van der Waals surface area contributed by atoms with Crippen molar-refractivity contribution in [3.8, 4) is 11.5 Å². The summed E-state index contributed by atoms with van der Waals surface area (Å²) in [5.41, 5.74) is 2.39. The Labute approximate surface area is 186 Å². The Morgan fingerprint density at radius 2 is 1.81 bits per heavy atom. The Morgan fingerprint density at radius 3 is 2.50 bits per heavy atom. The number of methoxy groups -OCH3 is 2. The monoisotopic (exact) mass is 456 g/mol. The molecule has 0 saturated carbocycles. The zero-order valence-electron chi connectivity index (χ0n) is 17.8. The number of hydrogen-bond acceptors (Lipinski definition) is 6. The molecule has 0 atom stereocenters. The molecule has 0 bridgehead atoms. The van der Waals surface area contributed by atoms with Crippen molar-refractivity contribution < 1.29 is 27.1 Å². The quantitative estimate of drug-likeness (QED) is 0.587. The van der Waals surface area contributed by atoms with E-state index in [1.807, 2.05) is 12.1 Å². The lowest BCUT2D eigenvalue weighted by Gasteiger charge is -2.29. The van der Waals surface area contributed by atoms with Crippen molar-refractivity contribution in [2.75, 3.05) is 20.8 Å². The van der Waals surface area contributed by atoms with Crippen LogP contribution in [0, 0.1) is 0 Å². The lowest BCUT2D eigenvalue weighted by atomic mass is 9.98. The van der Waals surface area contributed by atoms with E-state index in [-0.39, 0.29) is 17.3 Å². The number of amides is 1. The van der Waals surface area contributed by atoms with Crippen LogP contribution in [0.2, 0.25) is 0 Å². The molecule has 3 aromatic rings. The second-order valence-electron chi connectivity index (χ2n) is 7.38. The zero-order valence-corrected chi connectivity index (χ0v) is 18.6. The number of ether oxygens (including phenoxy) is 2. The van der Waals surface area contributed by atoms with Crippen molar-refractivity contribution in [2.24, 2.45) is 0 Å². The third-order valence-electron chi connectivity index (χ3n) is 5.41. The lowest BCUT2D eigenvalue weighted by molar-refractivity contribution is 0.0734. The van der Waals surface area contributed by atoms with E-state index in [0.29, 0.717) is 42.3 Å². The summed E-state index contributed by atoms with van der Waals surface area (Å²) in [6, 6.07) is 13.2. The van der Waals surface area contributed by atoms with E-state index in [1.165, 1.54) is 18.4 Å². The molecule has 0 spiro atoms. The van der Waals surface area contributed by atoms with Crippen LogP contribution < -0.4 is 14.2 Å². The molecule has 0 unspecified atom stereocenters. The molecule has 0 saturated heterocycles. The first-order valence-corrected chi connectivity index (χ1v) is 11.5. The van der Waals surface area contributed by atoms with Crippen LogP contribution in [0.4, 0.5) is 0 Å². The first kappa shape index (κ1) is 21.9. The van der Waals surface area contributed by atoms with Gasteiger partial charge in [0, 0.05) is 18.7 Å². The van der Waals surface area contributed by atoms with Crippen molar-refractivity contribution >= 4 is 15.9 Å². The standard InChI is InChI=1S/C23H24N2O6S/c1-29-21-12-16-8-9-25(15-18(16)13-22(21)30-2)23(26)17-5-3-7-20(11-17)32(27,28)24-14-19-6-4-10-31-19/h3-7,10-13,24H,8-9,14-15H2,1-2H3. The number of carbonyl (C=O) groups is 1. The van der Waals surface area contributed by atoms with Crippen LogP contribution in [0.5, 0.6) is 11.5 Å². The molecule has 2 heterocycles. The lowest BCUT2D eigenvalue weighted by Crippen LogP contribution is -2.36. The number of fused-ring (bicyclic) bond motifs is 1. The van der Waals surface area contributed by atoms with E-state index >= 15 is 0 Å². The zero-order chi connectivity index (χ0) is 22.7. The molecule has 1 amide bonds. The van der Waals surface area contributed by atoms with Gasteiger partial charge in [-0.15, -0.1) is 0 Å². The van der Waals surface area contributed by atoms with E-state index in [4.69, 9.17) is 13.9 Å². The molecule has 4 rings (SSSR count). The highest BCUT2D eigenvalue weighted by Gasteiger charge is 2.25. The highest BCUT2D eigenvalue weighted by atomic mass is 32.2. The van der Waals surface area contributed by atoms with Gasteiger partial charge >= 0.3 is 0 Å². The molecule has 168 valence electrons. The Bertz CT molecular complexity index is 1220. The van der Waals surface area contributed by atoms with E-state index in [2.05, 4.69) is 4.72 Å². The fraction of sp³-hybridized carbons (Fsp3) is 0.261. The molecule has 0 radical (unpaired) electrons. The molecule has 8 nitrogen and oxygen atoms in total. The summed E-state index contributed by atoms with van der Waals surface area (Å²) in [6.45, 7) is 0.957. The average molecular weight is 457 g/mol. The molecular weight excluding hydrogens is 432 g/mol. The maximum atomic E-state index is 13.2. The summed E-state index contributed by atoms with van der Waals surface area (Å²) in [5.74, 6) is 1.54. The number of nitrogens with one attached hydrogen (secondary N) is 1. The minimum Gasteiger partial charge on any atom is -0.493 e. The van der Waals surface area contributed by atoms with Gasteiger partial charge in [0.05, 0.1) is 31.9 Å². The maximum absolute atomic E-state index is 13.2. The van der Waals surface area contributed by atoms with Gasteiger partial charge in [0.25, 0.3) is 5.91 Å². The van der Waals surface area contributed by atoms with Crippen molar-refractivity contribution in [3.63, 3.8) is 0 Å². The van der Waals surface area contributed by atoms with Crippen LogP contribution in [0.1, 0.15) is 27.2 Å². The third kappa shape index (κ3) is 4.49. The molecule has 32 heavy (non-hydrogen) atoms. The summed E-state index contributed by atoms with van der Waals surface area (Å²) < 4.78 is 43.7. The summed E-state index contributed by atoms with van der Waals surface area (Å²) in [6.07, 6.45) is 2.15. The maximum Gasteiger partial charge on any atom is 0.254 e. The topological polar surface area (TPSA) is 98.1 Å². The average Bonchev–Trinajstić information content (AvgIpc) is 3.35. The molecule has 2 aromatic carbocycles. The number of benzene rings is 2. The largest absolute Gasteiger partial charge is 0.493 e. The number of rotatable bonds is 7. The minimum atomic E-state index is -3.80. The van der Waals surface area contributed by atoms with Gasteiger partial charge < -0.3 is 18.8 Å². The first-order valence-electron chi connectivity index (χ1n) is 10.1. The Morgan fingerprint density at radius 1 is 1.06 bits per heavy atom. The Kier molecular flexibility index (Phi) is 6.20. The van der Waals surface area contributed by atoms with Crippen LogP contribution in [0.3, 0.4) is 0 Å². The SMILES string of the molecule is COc1cc2c(cc1OC)CN(C(=O)c1cccc(S(=O)(=O)NCc3ccco3)c1)CC2. The first-order chi connectivity index (χ1) is 15.4. The number of carbonyl (C=O) groups excluding carboxylic acids is 1. The second-order valence-corrected chi connectivity index (χ2v) is 9.15. The summed E-state index contributed by atoms with van der Waals surface area (Å²) in [4.78, 5) is 14.9. The Hall–Kier alpha value is -3.30. The molecule has 0 aliphatic carbocycles. The van der Waals surface area contributed by atoms with E-state index in [1.54, 1.807) is 43.4 Å². The van der Waals surface area contributed by atoms with Gasteiger partial charge in [-0.05, 0) is 60.0 Å². The van der Waals surface area contributed by atoms with Crippen molar-refractivity contribution in [1.29, 1.82) is 0 Å². The van der Waals surface area contributed by atoms with Crippen LogP contribution in [0.15, 0.2) is 64.1 Å². The van der Waals surface area contributed by atoms with Gasteiger partial charge in [-0.3, -0.25) is 4.79 Å². The van der Waals surface area contributed by atoms with Gasteiger partial charge in [0.15, 0.2) is 11.5 Å². The van der Waals surface area contributed by atoms with Gasteiger partial charge in [-0.25, -0.2) is 13.1 Å². The second kappa shape index (κ2) is 9.05. The highest BCUT2D eigenvalue weighted by Crippen LogP contribution is 2.33. The van der Waals surface area contributed by atoms with Gasteiger partial charge in [0.1, 0.15) is 5.76 Å². The molecule has 1 aliphatic rings. The van der Waals surface area contributed by atoms with E-state index < -0.39 is 10.0 Å². The van der Waals surface area contributed by atoms with Crippen molar-refractivity contribution in [3.05, 3.63) is 77.2 Å². The fourth-order valence-corrected chi connectivity index (χ4v) is 4.74. The fourth-order valence-electron chi connectivity index (χ4n) is 3.70. The van der Waals surface area contributed by atoms with Gasteiger partial charge in [0.2, 0.25) is 10.0 Å². The number of hydrogen-bond donors (Lipinski definition) is 1. The van der Waals surface area contributed by atoms with Crippen LogP contribution in [-0.4, -0.2) is 40.0 Å². The van der Waals surface area contributed by atoms with Crippen LogP contribution in [0.25, 0.3) is 0 Å². The highest BCUT2D eigenvalue weighted by molar-refractivity contribution is 7.89. The molecule has 9 heteroatoms. The summed E-state index contributed by atoms with van der Waals surface area (Å²) >= 11 is 0. The van der Waals surface area contributed by atoms with Gasteiger partial charge in [-0.1, -0.05) is 6.07 Å². The molecule has 1 aromatic heterocycles. The number of nitrogens with zero attached hydrogens (tertiary/aromatic N) is 1. The molecule has 0 fully saturated rings. The predicted molar refractivity (Wildman–Crippen MR) is 117 cm³/mol. The Balaban J connectivity index is 1.52. The molecular formula is C23H24N2O6S. The van der Waals surface area contributed by atoms with Crippen molar-refractivity contribution in [1.82, 2.24) is 9.62 Å².